The van der Waals surface area contributed by atoms with Crippen molar-refractivity contribution in [3.63, 3.8) is 0 Å². The number of fused-ring (bicyclic) bond motifs is 6. The van der Waals surface area contributed by atoms with Gasteiger partial charge in [0.05, 0.1) is 11.4 Å². The first-order chi connectivity index (χ1) is 26.1. The zero-order valence-electron chi connectivity index (χ0n) is 29.8. The molecule has 9 aromatic rings. The molecule has 0 spiro atoms. The highest BCUT2D eigenvalue weighted by atomic mass is 32.1. The third kappa shape index (κ3) is 5.13. The fraction of sp³-hybridized carbons (Fsp3) is 0.0588. The van der Waals surface area contributed by atoms with Crippen LogP contribution in [0.1, 0.15) is 25.0 Å². The molecule has 0 atom stereocenters. The highest BCUT2D eigenvalue weighted by Gasteiger charge is 2.36. The zero-order valence-corrected chi connectivity index (χ0v) is 30.6. The average molecular weight is 696 g/mol. The van der Waals surface area contributed by atoms with Gasteiger partial charge in [0, 0.05) is 36.8 Å². The summed E-state index contributed by atoms with van der Waals surface area (Å²) in [6.07, 6.45) is 0. The maximum atomic E-state index is 2.54. The van der Waals surface area contributed by atoms with Gasteiger partial charge < -0.3 is 4.90 Å². The summed E-state index contributed by atoms with van der Waals surface area (Å²) in [5.41, 5.74) is 16.0. The van der Waals surface area contributed by atoms with Gasteiger partial charge in [-0.25, -0.2) is 0 Å². The first-order valence-corrected chi connectivity index (χ1v) is 19.2. The van der Waals surface area contributed by atoms with Crippen LogP contribution in [0.2, 0.25) is 0 Å². The summed E-state index contributed by atoms with van der Waals surface area (Å²) < 4.78 is 2.59. The molecule has 1 aliphatic rings. The van der Waals surface area contributed by atoms with Crippen LogP contribution in [0.5, 0.6) is 0 Å². The van der Waals surface area contributed by atoms with Gasteiger partial charge in [-0.15, -0.1) is 11.3 Å². The number of thiophene rings is 1. The molecule has 0 N–H and O–H groups in total. The minimum absolute atomic E-state index is 0.128. The zero-order chi connectivity index (χ0) is 35.5. The lowest BCUT2D eigenvalue weighted by molar-refractivity contribution is 0.660. The molecule has 8 aromatic carbocycles. The van der Waals surface area contributed by atoms with Crippen LogP contribution in [0.3, 0.4) is 0 Å². The highest BCUT2D eigenvalue weighted by molar-refractivity contribution is 7.26. The summed E-state index contributed by atoms with van der Waals surface area (Å²) in [7, 11) is 0. The van der Waals surface area contributed by atoms with E-state index in [9.17, 15) is 0 Å². The standard InChI is InChI=1S/C51H37NS/c1-51(2)43-22-11-9-19-40(43)41-32-31-38(33-44(41)51)52(46-24-14-26-48-50(46)42-20-10-12-25-47(42)53-48)45-23-13-21-39(36-17-7-4-8-18-36)49(45)37-29-27-35(28-30-37)34-15-5-3-6-16-34/h3-33H,1-2H3. The van der Waals surface area contributed by atoms with Crippen LogP contribution in [0.25, 0.3) is 64.7 Å². The Morgan fingerprint density at radius 3 is 1.81 bits per heavy atom. The van der Waals surface area contributed by atoms with E-state index in [1.807, 2.05) is 11.3 Å². The molecule has 0 saturated carbocycles. The molecule has 0 radical (unpaired) electrons. The lowest BCUT2D eigenvalue weighted by Crippen LogP contribution is -2.17. The van der Waals surface area contributed by atoms with Crippen LogP contribution in [0.15, 0.2) is 188 Å². The van der Waals surface area contributed by atoms with E-state index in [-0.39, 0.29) is 5.41 Å². The van der Waals surface area contributed by atoms with E-state index in [0.29, 0.717) is 0 Å². The van der Waals surface area contributed by atoms with Gasteiger partial charge in [0.2, 0.25) is 0 Å². The molecule has 0 unspecified atom stereocenters. The lowest BCUT2D eigenvalue weighted by atomic mass is 9.82. The van der Waals surface area contributed by atoms with Crippen LogP contribution >= 0.6 is 11.3 Å². The Balaban J connectivity index is 1.27. The fourth-order valence-corrected chi connectivity index (χ4v) is 9.66. The van der Waals surface area contributed by atoms with E-state index < -0.39 is 0 Å². The maximum absolute atomic E-state index is 2.54. The quantitative estimate of drug-likeness (QED) is 0.167. The van der Waals surface area contributed by atoms with Gasteiger partial charge in [-0.1, -0.05) is 166 Å². The van der Waals surface area contributed by atoms with Crippen LogP contribution in [0, 0.1) is 0 Å². The van der Waals surface area contributed by atoms with Crippen molar-refractivity contribution in [1.29, 1.82) is 0 Å². The topological polar surface area (TPSA) is 3.24 Å². The van der Waals surface area contributed by atoms with Gasteiger partial charge in [0.1, 0.15) is 0 Å². The van der Waals surface area contributed by atoms with Crippen LogP contribution < -0.4 is 4.90 Å². The average Bonchev–Trinajstić information content (AvgIpc) is 3.71. The molecule has 252 valence electrons. The van der Waals surface area contributed by atoms with Crippen molar-refractivity contribution in [2.75, 3.05) is 4.90 Å². The van der Waals surface area contributed by atoms with E-state index in [0.717, 1.165) is 11.4 Å². The Morgan fingerprint density at radius 2 is 1.00 bits per heavy atom. The highest BCUT2D eigenvalue weighted by Crippen LogP contribution is 2.53. The van der Waals surface area contributed by atoms with Gasteiger partial charge in [0.15, 0.2) is 0 Å². The molecule has 1 nitrogen and oxygen atoms in total. The van der Waals surface area contributed by atoms with Gasteiger partial charge in [0.25, 0.3) is 0 Å². The fourth-order valence-electron chi connectivity index (χ4n) is 8.53. The van der Waals surface area contributed by atoms with E-state index in [2.05, 4.69) is 207 Å². The number of hydrogen-bond acceptors (Lipinski definition) is 2. The molecule has 0 bridgehead atoms. The third-order valence-electron chi connectivity index (χ3n) is 11.1. The largest absolute Gasteiger partial charge is 0.309 e. The van der Waals surface area contributed by atoms with Crippen molar-refractivity contribution in [2.45, 2.75) is 19.3 Å². The summed E-state index contributed by atoms with van der Waals surface area (Å²) in [5, 5.41) is 2.57. The second-order valence-corrected chi connectivity index (χ2v) is 15.6. The molecule has 1 heterocycles. The van der Waals surface area contributed by atoms with E-state index in [1.165, 1.54) is 81.5 Å². The van der Waals surface area contributed by atoms with Gasteiger partial charge in [-0.05, 0) is 86.5 Å². The van der Waals surface area contributed by atoms with Crippen LogP contribution in [-0.2, 0) is 5.41 Å². The molecule has 0 aliphatic heterocycles. The molecule has 1 aliphatic carbocycles. The summed E-state index contributed by atoms with van der Waals surface area (Å²) in [5.74, 6) is 0. The Kier molecular flexibility index (Phi) is 7.42. The number of anilines is 3. The Labute approximate surface area is 315 Å². The van der Waals surface area contributed by atoms with Crippen molar-refractivity contribution in [2.24, 2.45) is 0 Å². The van der Waals surface area contributed by atoms with Crippen molar-refractivity contribution >= 4 is 48.6 Å². The van der Waals surface area contributed by atoms with Crippen molar-refractivity contribution in [3.05, 3.63) is 199 Å². The van der Waals surface area contributed by atoms with Gasteiger partial charge >= 0.3 is 0 Å². The summed E-state index contributed by atoms with van der Waals surface area (Å²) in [6, 6.07) is 69.1. The molecule has 0 saturated heterocycles. The molecule has 10 rings (SSSR count). The monoisotopic (exact) mass is 695 g/mol. The second kappa shape index (κ2) is 12.5. The van der Waals surface area contributed by atoms with Crippen LogP contribution in [0.4, 0.5) is 17.1 Å². The minimum Gasteiger partial charge on any atom is -0.309 e. The molecule has 0 amide bonds. The number of benzene rings is 8. The predicted molar refractivity (Wildman–Crippen MR) is 228 cm³/mol. The van der Waals surface area contributed by atoms with E-state index in [1.54, 1.807) is 0 Å². The SMILES string of the molecule is CC1(C)c2ccccc2-c2ccc(N(c3cccc(-c4ccccc4)c3-c3ccc(-c4ccccc4)cc3)c3cccc4sc5ccccc5c34)cc21. The smallest absolute Gasteiger partial charge is 0.0555 e. The Bertz CT molecular complexity index is 2790. The van der Waals surface area contributed by atoms with Gasteiger partial charge in [-0.2, -0.15) is 0 Å². The van der Waals surface area contributed by atoms with E-state index >= 15 is 0 Å². The van der Waals surface area contributed by atoms with Crippen LogP contribution in [-0.4, -0.2) is 0 Å². The molecule has 53 heavy (non-hydrogen) atoms. The summed E-state index contributed by atoms with van der Waals surface area (Å²) in [6.45, 7) is 4.74. The van der Waals surface area contributed by atoms with Crippen molar-refractivity contribution < 1.29 is 0 Å². The summed E-state index contributed by atoms with van der Waals surface area (Å²) in [4.78, 5) is 2.54. The molecular weight excluding hydrogens is 659 g/mol. The minimum atomic E-state index is -0.128. The molecule has 0 fully saturated rings. The molecule has 2 heteroatoms. The number of nitrogens with zero attached hydrogens (tertiary/aromatic N) is 1. The second-order valence-electron chi connectivity index (χ2n) is 14.5. The van der Waals surface area contributed by atoms with E-state index in [4.69, 9.17) is 0 Å². The number of hydrogen-bond donors (Lipinski definition) is 0. The Morgan fingerprint density at radius 1 is 0.415 bits per heavy atom. The lowest BCUT2D eigenvalue weighted by Gasteiger charge is -2.31. The first kappa shape index (κ1) is 31.5. The predicted octanol–water partition coefficient (Wildman–Crippen LogP) is 14.8. The maximum Gasteiger partial charge on any atom is 0.0555 e. The third-order valence-corrected chi connectivity index (χ3v) is 12.2. The van der Waals surface area contributed by atoms with Crippen molar-refractivity contribution in [3.8, 4) is 44.5 Å². The Hall–Kier alpha value is -6.22. The van der Waals surface area contributed by atoms with Crippen molar-refractivity contribution in [1.82, 2.24) is 0 Å². The van der Waals surface area contributed by atoms with Gasteiger partial charge in [-0.3, -0.25) is 0 Å². The molecule has 1 aromatic heterocycles. The normalized spacial score (nSPS) is 12.9. The molecular formula is C51H37NS. The number of rotatable bonds is 6. The summed E-state index contributed by atoms with van der Waals surface area (Å²) >= 11 is 1.87. The first-order valence-electron chi connectivity index (χ1n) is 18.4.